The van der Waals surface area contributed by atoms with E-state index in [0.717, 1.165) is 23.1 Å². The zero-order valence-electron chi connectivity index (χ0n) is 18.8. The number of hydrogen-bond donors (Lipinski definition) is 2. The molecule has 0 radical (unpaired) electrons. The summed E-state index contributed by atoms with van der Waals surface area (Å²) in [5, 5.41) is 0. The van der Waals surface area contributed by atoms with Crippen molar-refractivity contribution in [3.63, 3.8) is 0 Å². The fraction of sp³-hybridized carbons (Fsp3) is 0.222. The summed E-state index contributed by atoms with van der Waals surface area (Å²) < 4.78 is 5.69. The summed E-state index contributed by atoms with van der Waals surface area (Å²) in [5.41, 5.74) is 7.81. The first-order valence-corrected chi connectivity index (χ1v) is 11.3. The number of nitrogens with zero attached hydrogens (tertiary/aromatic N) is 1. The third kappa shape index (κ3) is 6.01. The van der Waals surface area contributed by atoms with Crippen LogP contribution in [0.25, 0.3) is 11.1 Å². The fourth-order valence-electron chi connectivity index (χ4n) is 3.93. The van der Waals surface area contributed by atoms with Crippen molar-refractivity contribution in [1.82, 2.24) is 15.8 Å². The summed E-state index contributed by atoms with van der Waals surface area (Å²) in [6, 6.07) is 27.1. The SMILES string of the molecule is O=C(COc1ccccc1-c1ccccc1)NNC(=O)C1CC(=O)N(CCc2ccccc2)C1. The van der Waals surface area contributed by atoms with Crippen molar-refractivity contribution in [2.24, 2.45) is 5.92 Å². The van der Waals surface area contributed by atoms with Gasteiger partial charge in [0.25, 0.3) is 5.91 Å². The molecule has 174 valence electrons. The molecule has 7 nitrogen and oxygen atoms in total. The Hall–Kier alpha value is -4.13. The van der Waals surface area contributed by atoms with E-state index in [4.69, 9.17) is 4.74 Å². The average Bonchev–Trinajstić information content (AvgIpc) is 3.26. The smallest absolute Gasteiger partial charge is 0.276 e. The predicted molar refractivity (Wildman–Crippen MR) is 128 cm³/mol. The standard InChI is InChI=1S/C27H27N3O4/c31-25(19-34-24-14-8-7-13-23(24)21-11-5-2-6-12-21)28-29-27(33)22-17-26(32)30(18-22)16-15-20-9-3-1-4-10-20/h1-14,22H,15-19H2,(H,28,31)(H,29,33). The van der Waals surface area contributed by atoms with Gasteiger partial charge >= 0.3 is 0 Å². The summed E-state index contributed by atoms with van der Waals surface area (Å²) >= 11 is 0. The van der Waals surface area contributed by atoms with Crippen molar-refractivity contribution in [2.45, 2.75) is 12.8 Å². The van der Waals surface area contributed by atoms with Gasteiger partial charge in [-0.15, -0.1) is 0 Å². The third-order valence-electron chi connectivity index (χ3n) is 5.75. The summed E-state index contributed by atoms with van der Waals surface area (Å²) in [4.78, 5) is 38.7. The molecule has 1 aliphatic rings. The highest BCUT2D eigenvalue weighted by Crippen LogP contribution is 2.29. The van der Waals surface area contributed by atoms with Gasteiger partial charge in [0, 0.05) is 25.1 Å². The van der Waals surface area contributed by atoms with E-state index < -0.39 is 11.8 Å². The Balaban J connectivity index is 1.23. The molecule has 4 rings (SSSR count). The maximum Gasteiger partial charge on any atom is 0.276 e. The molecule has 2 N–H and O–H groups in total. The van der Waals surface area contributed by atoms with E-state index in [0.29, 0.717) is 18.8 Å². The second kappa shape index (κ2) is 11.1. The van der Waals surface area contributed by atoms with Gasteiger partial charge in [0.1, 0.15) is 5.75 Å². The number of ether oxygens (including phenoxy) is 1. The van der Waals surface area contributed by atoms with Crippen LogP contribution in [0.15, 0.2) is 84.9 Å². The van der Waals surface area contributed by atoms with Gasteiger partial charge in [-0.1, -0.05) is 78.9 Å². The van der Waals surface area contributed by atoms with E-state index in [-0.39, 0.29) is 24.8 Å². The number of hydrogen-bond acceptors (Lipinski definition) is 4. The molecule has 1 saturated heterocycles. The van der Waals surface area contributed by atoms with E-state index in [2.05, 4.69) is 10.9 Å². The lowest BCUT2D eigenvalue weighted by Crippen LogP contribution is -2.46. The van der Waals surface area contributed by atoms with E-state index >= 15 is 0 Å². The van der Waals surface area contributed by atoms with Crippen LogP contribution in [0.1, 0.15) is 12.0 Å². The maximum absolute atomic E-state index is 12.5. The lowest BCUT2D eigenvalue weighted by atomic mass is 10.1. The van der Waals surface area contributed by atoms with Crippen molar-refractivity contribution in [3.8, 4) is 16.9 Å². The summed E-state index contributed by atoms with van der Waals surface area (Å²) in [5.74, 6) is -0.841. The molecule has 1 atom stereocenters. The average molecular weight is 458 g/mol. The minimum absolute atomic E-state index is 0.0525. The van der Waals surface area contributed by atoms with Crippen molar-refractivity contribution in [2.75, 3.05) is 19.7 Å². The predicted octanol–water partition coefficient (Wildman–Crippen LogP) is 2.97. The van der Waals surface area contributed by atoms with Crippen LogP contribution in [0.4, 0.5) is 0 Å². The first kappa shape index (κ1) is 23.0. The lowest BCUT2D eigenvalue weighted by molar-refractivity contribution is -0.132. The number of benzene rings is 3. The first-order valence-electron chi connectivity index (χ1n) is 11.3. The number of para-hydroxylation sites is 1. The van der Waals surface area contributed by atoms with Crippen LogP contribution in [0.2, 0.25) is 0 Å². The molecule has 3 aromatic rings. The second-order valence-electron chi connectivity index (χ2n) is 8.16. The Morgan fingerprint density at radius 3 is 2.32 bits per heavy atom. The third-order valence-corrected chi connectivity index (χ3v) is 5.75. The summed E-state index contributed by atoms with van der Waals surface area (Å²) in [6.45, 7) is 0.652. The molecule has 1 aliphatic heterocycles. The van der Waals surface area contributed by atoms with Gasteiger partial charge in [0.15, 0.2) is 6.61 Å². The minimum atomic E-state index is -0.497. The lowest BCUT2D eigenvalue weighted by Gasteiger charge is -2.17. The summed E-state index contributed by atoms with van der Waals surface area (Å²) in [7, 11) is 0. The topological polar surface area (TPSA) is 87.7 Å². The highest BCUT2D eigenvalue weighted by Gasteiger charge is 2.34. The van der Waals surface area contributed by atoms with Crippen molar-refractivity contribution >= 4 is 17.7 Å². The van der Waals surface area contributed by atoms with Crippen molar-refractivity contribution < 1.29 is 19.1 Å². The van der Waals surface area contributed by atoms with Crippen molar-refractivity contribution in [1.29, 1.82) is 0 Å². The number of rotatable bonds is 8. The van der Waals surface area contributed by atoms with Gasteiger partial charge in [-0.25, -0.2) is 0 Å². The largest absolute Gasteiger partial charge is 0.483 e. The number of hydrazine groups is 1. The number of carbonyl (C=O) groups is 3. The van der Waals surface area contributed by atoms with Crippen LogP contribution in [0, 0.1) is 5.92 Å². The zero-order valence-corrected chi connectivity index (χ0v) is 18.8. The highest BCUT2D eigenvalue weighted by atomic mass is 16.5. The normalized spacial score (nSPS) is 15.1. The zero-order chi connectivity index (χ0) is 23.8. The second-order valence-corrected chi connectivity index (χ2v) is 8.16. The van der Waals surface area contributed by atoms with E-state index in [9.17, 15) is 14.4 Å². The van der Waals surface area contributed by atoms with Crippen LogP contribution >= 0.6 is 0 Å². The van der Waals surface area contributed by atoms with E-state index in [1.54, 1.807) is 11.0 Å². The van der Waals surface area contributed by atoms with Crippen molar-refractivity contribution in [3.05, 3.63) is 90.5 Å². The molecule has 0 aliphatic carbocycles. The Kier molecular flexibility index (Phi) is 7.55. The minimum Gasteiger partial charge on any atom is -0.483 e. The molecule has 1 unspecified atom stereocenters. The number of carbonyl (C=O) groups excluding carboxylic acids is 3. The first-order chi connectivity index (χ1) is 16.6. The van der Waals surface area contributed by atoms with E-state index in [1.807, 2.05) is 78.9 Å². The van der Waals surface area contributed by atoms with Crippen LogP contribution in [-0.4, -0.2) is 42.3 Å². The van der Waals surface area contributed by atoms with Gasteiger partial charge in [0.05, 0.1) is 5.92 Å². The molecular weight excluding hydrogens is 430 g/mol. The van der Waals surface area contributed by atoms with Crippen LogP contribution in [0.5, 0.6) is 5.75 Å². The Morgan fingerprint density at radius 2 is 1.56 bits per heavy atom. The Morgan fingerprint density at radius 1 is 0.882 bits per heavy atom. The molecule has 1 heterocycles. The molecular formula is C27H27N3O4. The molecule has 3 amide bonds. The fourth-order valence-corrected chi connectivity index (χ4v) is 3.93. The molecule has 3 aromatic carbocycles. The Labute approximate surface area is 198 Å². The van der Waals surface area contributed by atoms with Crippen LogP contribution < -0.4 is 15.6 Å². The van der Waals surface area contributed by atoms with Gasteiger partial charge in [0.2, 0.25) is 11.8 Å². The van der Waals surface area contributed by atoms with Gasteiger partial charge in [-0.2, -0.15) is 0 Å². The van der Waals surface area contributed by atoms with Gasteiger partial charge < -0.3 is 9.64 Å². The summed E-state index contributed by atoms with van der Waals surface area (Å²) in [6.07, 6.45) is 0.872. The molecule has 1 fully saturated rings. The Bertz CT molecular complexity index is 1130. The number of amides is 3. The van der Waals surface area contributed by atoms with Gasteiger partial charge in [-0.3, -0.25) is 25.2 Å². The molecule has 0 bridgehead atoms. The van der Waals surface area contributed by atoms with Crippen LogP contribution in [0.3, 0.4) is 0 Å². The molecule has 0 spiro atoms. The molecule has 0 saturated carbocycles. The molecule has 7 heteroatoms. The van der Waals surface area contributed by atoms with Crippen LogP contribution in [-0.2, 0) is 20.8 Å². The monoisotopic (exact) mass is 457 g/mol. The maximum atomic E-state index is 12.5. The number of likely N-dealkylation sites (tertiary alicyclic amines) is 1. The number of nitrogens with one attached hydrogen (secondary N) is 2. The van der Waals surface area contributed by atoms with E-state index in [1.165, 1.54) is 0 Å². The highest BCUT2D eigenvalue weighted by molar-refractivity contribution is 5.90. The molecule has 0 aromatic heterocycles. The molecule has 34 heavy (non-hydrogen) atoms. The van der Waals surface area contributed by atoms with Gasteiger partial charge in [-0.05, 0) is 23.6 Å². The quantitative estimate of drug-likeness (QED) is 0.509.